The predicted molar refractivity (Wildman–Crippen MR) is 89.9 cm³/mol. The number of nitrogens with one attached hydrogen (secondary N) is 1. The Hall–Kier alpha value is -0.380. The Bertz CT molecular complexity index is 402. The Morgan fingerprint density at radius 3 is 2.60 bits per heavy atom. The molecule has 1 aliphatic rings. The summed E-state index contributed by atoms with van der Waals surface area (Å²) in [5.41, 5.74) is 1.41. The van der Waals surface area contributed by atoms with Gasteiger partial charge in [0.1, 0.15) is 0 Å². The van der Waals surface area contributed by atoms with Crippen molar-refractivity contribution in [3.8, 4) is 0 Å². The van der Waals surface area contributed by atoms with E-state index in [1.807, 2.05) is 0 Å². The number of piperazine rings is 1. The highest BCUT2D eigenvalue weighted by atomic mass is 79.9. The molecule has 1 aromatic carbocycles. The summed E-state index contributed by atoms with van der Waals surface area (Å²) in [4.78, 5) is 2.66. The molecule has 0 bridgehead atoms. The Kier molecular flexibility index (Phi) is 6.06. The van der Waals surface area contributed by atoms with Crippen molar-refractivity contribution >= 4 is 15.9 Å². The lowest BCUT2D eigenvalue weighted by Crippen LogP contribution is -2.56. The van der Waals surface area contributed by atoms with Crippen molar-refractivity contribution in [3.63, 3.8) is 0 Å². The Labute approximate surface area is 132 Å². The van der Waals surface area contributed by atoms with Crippen molar-refractivity contribution in [3.05, 3.63) is 34.3 Å². The van der Waals surface area contributed by atoms with E-state index in [2.05, 4.69) is 71.2 Å². The highest BCUT2D eigenvalue weighted by molar-refractivity contribution is 9.10. The minimum absolute atomic E-state index is 0.647. The van der Waals surface area contributed by atoms with Gasteiger partial charge >= 0.3 is 0 Å². The van der Waals surface area contributed by atoms with E-state index in [0.29, 0.717) is 12.1 Å². The summed E-state index contributed by atoms with van der Waals surface area (Å²) >= 11 is 3.51. The van der Waals surface area contributed by atoms with E-state index >= 15 is 0 Å². The molecule has 0 spiro atoms. The lowest BCUT2D eigenvalue weighted by atomic mass is 9.98. The van der Waals surface area contributed by atoms with Gasteiger partial charge in [-0.2, -0.15) is 0 Å². The van der Waals surface area contributed by atoms with Gasteiger partial charge in [-0.3, -0.25) is 4.90 Å². The van der Waals surface area contributed by atoms with Gasteiger partial charge in [0.05, 0.1) is 0 Å². The van der Waals surface area contributed by atoms with Gasteiger partial charge < -0.3 is 5.32 Å². The lowest BCUT2D eigenvalue weighted by molar-refractivity contribution is 0.111. The second kappa shape index (κ2) is 7.58. The third-order valence-electron chi connectivity index (χ3n) is 4.14. The Morgan fingerprint density at radius 2 is 2.00 bits per heavy atom. The van der Waals surface area contributed by atoms with Crippen LogP contribution in [0.25, 0.3) is 0 Å². The summed E-state index contributed by atoms with van der Waals surface area (Å²) < 4.78 is 1.16. The zero-order valence-corrected chi connectivity index (χ0v) is 14.5. The number of halogens is 1. The fraction of sp³-hybridized carbons (Fsp3) is 0.647. The maximum absolute atomic E-state index is 3.73. The summed E-state index contributed by atoms with van der Waals surface area (Å²) in [6.07, 6.45) is 2.49. The topological polar surface area (TPSA) is 15.3 Å². The van der Waals surface area contributed by atoms with Crippen LogP contribution in [0.2, 0.25) is 0 Å². The van der Waals surface area contributed by atoms with Gasteiger partial charge in [-0.1, -0.05) is 48.8 Å². The minimum Gasteiger partial charge on any atom is -0.311 e. The first-order valence-corrected chi connectivity index (χ1v) is 8.59. The molecule has 1 heterocycles. The molecule has 1 fully saturated rings. The van der Waals surface area contributed by atoms with Gasteiger partial charge in [-0.25, -0.2) is 0 Å². The Morgan fingerprint density at radius 1 is 1.30 bits per heavy atom. The van der Waals surface area contributed by atoms with Crippen molar-refractivity contribution in [2.75, 3.05) is 13.1 Å². The lowest BCUT2D eigenvalue weighted by Gasteiger charge is -2.40. The van der Waals surface area contributed by atoms with Crippen molar-refractivity contribution in [2.24, 2.45) is 5.92 Å². The molecule has 1 aromatic rings. The van der Waals surface area contributed by atoms with Crippen LogP contribution in [0.15, 0.2) is 28.7 Å². The summed E-state index contributed by atoms with van der Waals surface area (Å²) in [6.45, 7) is 10.3. The first kappa shape index (κ1) is 16.0. The van der Waals surface area contributed by atoms with Crippen LogP contribution in [0, 0.1) is 5.92 Å². The smallest absolute Gasteiger partial charge is 0.0237 e. The zero-order chi connectivity index (χ0) is 14.5. The van der Waals surface area contributed by atoms with Gasteiger partial charge in [-0.05, 0) is 36.5 Å². The van der Waals surface area contributed by atoms with Crippen LogP contribution < -0.4 is 5.32 Å². The van der Waals surface area contributed by atoms with Gasteiger partial charge in [0.2, 0.25) is 0 Å². The molecule has 1 aliphatic heterocycles. The average molecular weight is 339 g/mol. The maximum Gasteiger partial charge on any atom is 0.0237 e. The highest BCUT2D eigenvalue weighted by Crippen LogP contribution is 2.19. The second-order valence-electron chi connectivity index (χ2n) is 6.35. The van der Waals surface area contributed by atoms with Crippen LogP contribution >= 0.6 is 15.9 Å². The molecule has 0 amide bonds. The SMILES string of the molecule is CCC1CNC(CC(C)C)CN1Cc1ccc(Br)cc1. The molecule has 0 radical (unpaired) electrons. The molecule has 20 heavy (non-hydrogen) atoms. The molecule has 3 heteroatoms. The highest BCUT2D eigenvalue weighted by Gasteiger charge is 2.26. The summed E-state index contributed by atoms with van der Waals surface area (Å²) in [5, 5.41) is 3.73. The number of nitrogens with zero attached hydrogens (tertiary/aromatic N) is 1. The monoisotopic (exact) mass is 338 g/mol. The largest absolute Gasteiger partial charge is 0.311 e. The van der Waals surface area contributed by atoms with Gasteiger partial charge in [0.25, 0.3) is 0 Å². The standard InChI is InChI=1S/C17H27BrN2/c1-4-17-10-19-16(9-13(2)3)12-20(17)11-14-5-7-15(18)8-6-14/h5-8,13,16-17,19H,4,9-12H2,1-3H3. The van der Waals surface area contributed by atoms with E-state index in [1.165, 1.54) is 24.9 Å². The molecular weight excluding hydrogens is 312 g/mol. The quantitative estimate of drug-likeness (QED) is 0.871. The van der Waals surface area contributed by atoms with E-state index in [9.17, 15) is 0 Å². The molecule has 1 N–H and O–H groups in total. The predicted octanol–water partition coefficient (Wildman–Crippen LogP) is 4.05. The van der Waals surface area contributed by atoms with Crippen molar-refractivity contribution in [2.45, 2.75) is 52.2 Å². The fourth-order valence-corrected chi connectivity index (χ4v) is 3.34. The van der Waals surface area contributed by atoms with E-state index in [4.69, 9.17) is 0 Å². The molecule has 1 saturated heterocycles. The second-order valence-corrected chi connectivity index (χ2v) is 7.27. The van der Waals surface area contributed by atoms with Crippen molar-refractivity contribution in [1.29, 1.82) is 0 Å². The first-order chi connectivity index (χ1) is 9.58. The molecule has 0 aromatic heterocycles. The third-order valence-corrected chi connectivity index (χ3v) is 4.67. The zero-order valence-electron chi connectivity index (χ0n) is 12.9. The third kappa shape index (κ3) is 4.57. The van der Waals surface area contributed by atoms with Gasteiger partial charge in [-0.15, -0.1) is 0 Å². The first-order valence-electron chi connectivity index (χ1n) is 7.80. The van der Waals surface area contributed by atoms with Crippen LogP contribution in [-0.2, 0) is 6.54 Å². The number of hydrogen-bond donors (Lipinski definition) is 1. The minimum atomic E-state index is 0.647. The van der Waals surface area contributed by atoms with E-state index in [1.54, 1.807) is 0 Å². The Balaban J connectivity index is 1.99. The summed E-state index contributed by atoms with van der Waals surface area (Å²) in [7, 11) is 0. The molecule has 2 rings (SSSR count). The maximum atomic E-state index is 3.73. The van der Waals surface area contributed by atoms with Crippen LogP contribution in [0.1, 0.15) is 39.2 Å². The van der Waals surface area contributed by atoms with Crippen LogP contribution in [0.4, 0.5) is 0 Å². The molecule has 0 aliphatic carbocycles. The van der Waals surface area contributed by atoms with E-state index in [-0.39, 0.29) is 0 Å². The van der Waals surface area contributed by atoms with Crippen LogP contribution in [0.5, 0.6) is 0 Å². The van der Waals surface area contributed by atoms with Crippen LogP contribution in [0.3, 0.4) is 0 Å². The van der Waals surface area contributed by atoms with Gasteiger partial charge in [0, 0.05) is 36.2 Å². The van der Waals surface area contributed by atoms with E-state index < -0.39 is 0 Å². The summed E-state index contributed by atoms with van der Waals surface area (Å²) in [5.74, 6) is 0.764. The molecule has 112 valence electrons. The molecule has 0 saturated carbocycles. The van der Waals surface area contributed by atoms with E-state index in [0.717, 1.165) is 23.5 Å². The van der Waals surface area contributed by atoms with Crippen LogP contribution in [-0.4, -0.2) is 30.1 Å². The molecule has 2 nitrogen and oxygen atoms in total. The number of rotatable bonds is 5. The summed E-state index contributed by atoms with van der Waals surface area (Å²) in [6, 6.07) is 10.1. The van der Waals surface area contributed by atoms with Crippen molar-refractivity contribution < 1.29 is 0 Å². The normalized spacial score (nSPS) is 24.2. The van der Waals surface area contributed by atoms with Crippen molar-refractivity contribution in [1.82, 2.24) is 10.2 Å². The molecule has 2 atom stereocenters. The molecule has 2 unspecified atom stereocenters. The molecular formula is C17H27BrN2. The number of benzene rings is 1. The average Bonchev–Trinajstić information content (AvgIpc) is 2.41. The number of hydrogen-bond acceptors (Lipinski definition) is 2. The fourth-order valence-electron chi connectivity index (χ4n) is 3.08. The van der Waals surface area contributed by atoms with Gasteiger partial charge in [0.15, 0.2) is 0 Å².